The summed E-state index contributed by atoms with van der Waals surface area (Å²) in [6.07, 6.45) is 1.95. The van der Waals surface area contributed by atoms with Crippen molar-refractivity contribution in [1.82, 2.24) is 14.9 Å². The Hall–Kier alpha value is -2.79. The number of hydrogen-bond donors (Lipinski definition) is 2. The van der Waals surface area contributed by atoms with Crippen LogP contribution in [-0.4, -0.2) is 49.2 Å². The van der Waals surface area contributed by atoms with Crippen LogP contribution >= 0.6 is 0 Å². The van der Waals surface area contributed by atoms with Crippen LogP contribution in [0.2, 0.25) is 0 Å². The normalized spacial score (nSPS) is 12.9. The van der Waals surface area contributed by atoms with Crippen molar-refractivity contribution in [3.63, 3.8) is 0 Å². The molecule has 0 amide bonds. The molecule has 2 heterocycles. The van der Waals surface area contributed by atoms with Gasteiger partial charge in [-0.2, -0.15) is 0 Å². The van der Waals surface area contributed by atoms with E-state index in [2.05, 4.69) is 67.4 Å². The van der Waals surface area contributed by atoms with E-state index in [1.54, 1.807) is 7.11 Å². The highest BCUT2D eigenvalue weighted by Crippen LogP contribution is 2.37. The average molecular weight is 377 g/mol. The van der Waals surface area contributed by atoms with Crippen LogP contribution in [0.3, 0.4) is 0 Å². The van der Waals surface area contributed by atoms with Gasteiger partial charge in [0.2, 0.25) is 0 Å². The summed E-state index contributed by atoms with van der Waals surface area (Å²) < 4.78 is 5.41. The highest BCUT2D eigenvalue weighted by molar-refractivity contribution is 6.23. The van der Waals surface area contributed by atoms with Gasteiger partial charge in [0.25, 0.3) is 0 Å². The number of ether oxygens (including phenoxy) is 1. The van der Waals surface area contributed by atoms with Crippen LogP contribution in [0.5, 0.6) is 5.75 Å². The number of rotatable bonds is 6. The number of nitrogens with one attached hydrogen (secondary N) is 2. The molecular formula is C23H28N4O. The number of fused-ring (bicyclic) bond motifs is 5. The van der Waals surface area contributed by atoms with E-state index in [1.165, 1.54) is 21.5 Å². The Balaban J connectivity index is 1.88. The first-order valence-electron chi connectivity index (χ1n) is 9.74. The van der Waals surface area contributed by atoms with Crippen molar-refractivity contribution < 1.29 is 4.74 Å². The van der Waals surface area contributed by atoms with Crippen LogP contribution < -0.4 is 10.1 Å². The SMILES string of the molecule is COc1ccc2c(ccc3[nH]c4c(C)cnc(NCC(C)CN(C)C)c4c32)c1. The van der Waals surface area contributed by atoms with Crippen LogP contribution in [0.15, 0.2) is 36.5 Å². The molecule has 0 aliphatic rings. The highest BCUT2D eigenvalue weighted by Gasteiger charge is 2.15. The second-order valence-electron chi connectivity index (χ2n) is 7.99. The van der Waals surface area contributed by atoms with Crippen molar-refractivity contribution in [2.75, 3.05) is 39.6 Å². The summed E-state index contributed by atoms with van der Waals surface area (Å²) in [6, 6.07) is 10.5. The Labute approximate surface area is 165 Å². The minimum absolute atomic E-state index is 0.527. The number of anilines is 1. The predicted octanol–water partition coefficient (Wildman–Crippen LogP) is 4.80. The van der Waals surface area contributed by atoms with E-state index in [0.717, 1.165) is 41.3 Å². The zero-order valence-electron chi connectivity index (χ0n) is 17.3. The molecule has 4 rings (SSSR count). The molecule has 2 N–H and O–H groups in total. The molecule has 0 aliphatic carbocycles. The molecule has 4 aromatic rings. The molecule has 5 heteroatoms. The van der Waals surface area contributed by atoms with Crippen molar-refractivity contribution >= 4 is 38.4 Å². The van der Waals surface area contributed by atoms with E-state index in [0.29, 0.717) is 5.92 Å². The van der Waals surface area contributed by atoms with Crippen molar-refractivity contribution in [3.05, 3.63) is 42.1 Å². The minimum Gasteiger partial charge on any atom is -0.497 e. The summed E-state index contributed by atoms with van der Waals surface area (Å²) in [4.78, 5) is 10.6. The first kappa shape index (κ1) is 18.6. The minimum atomic E-state index is 0.527. The molecule has 0 saturated carbocycles. The van der Waals surface area contributed by atoms with Gasteiger partial charge < -0.3 is 19.9 Å². The fraction of sp³-hybridized carbons (Fsp3) is 0.348. The van der Waals surface area contributed by atoms with Crippen molar-refractivity contribution in [1.29, 1.82) is 0 Å². The van der Waals surface area contributed by atoms with E-state index >= 15 is 0 Å². The third-order valence-electron chi connectivity index (χ3n) is 5.30. The lowest BCUT2D eigenvalue weighted by Crippen LogP contribution is -2.25. The van der Waals surface area contributed by atoms with Crippen molar-refractivity contribution in [2.45, 2.75) is 13.8 Å². The molecule has 0 aliphatic heterocycles. The Bertz CT molecular complexity index is 1150. The smallest absolute Gasteiger partial charge is 0.136 e. The van der Waals surface area contributed by atoms with Crippen LogP contribution in [0.4, 0.5) is 5.82 Å². The molecule has 146 valence electrons. The second kappa shape index (κ2) is 7.32. The molecule has 1 atom stereocenters. The number of H-pyrrole nitrogens is 1. The quantitative estimate of drug-likeness (QED) is 0.508. The monoisotopic (exact) mass is 376 g/mol. The van der Waals surface area contributed by atoms with Gasteiger partial charge in [-0.15, -0.1) is 0 Å². The highest BCUT2D eigenvalue weighted by atomic mass is 16.5. The second-order valence-corrected chi connectivity index (χ2v) is 7.99. The Morgan fingerprint density at radius 3 is 2.75 bits per heavy atom. The van der Waals surface area contributed by atoms with Gasteiger partial charge in [-0.05, 0) is 67.5 Å². The number of aromatic amines is 1. The maximum Gasteiger partial charge on any atom is 0.136 e. The van der Waals surface area contributed by atoms with Gasteiger partial charge in [-0.3, -0.25) is 0 Å². The molecule has 0 radical (unpaired) electrons. The number of aryl methyl sites for hydroxylation is 1. The molecule has 5 nitrogen and oxygen atoms in total. The summed E-state index contributed by atoms with van der Waals surface area (Å²) in [6.45, 7) is 6.29. The van der Waals surface area contributed by atoms with Crippen LogP contribution in [0.1, 0.15) is 12.5 Å². The van der Waals surface area contributed by atoms with Gasteiger partial charge in [0.05, 0.1) is 18.0 Å². The molecule has 0 saturated heterocycles. The number of aromatic nitrogens is 2. The molecular weight excluding hydrogens is 348 g/mol. The summed E-state index contributed by atoms with van der Waals surface area (Å²) >= 11 is 0. The summed E-state index contributed by atoms with van der Waals surface area (Å²) in [5.74, 6) is 2.34. The number of pyridine rings is 1. The van der Waals surface area contributed by atoms with Gasteiger partial charge in [0, 0.05) is 30.2 Å². The van der Waals surface area contributed by atoms with Crippen LogP contribution in [-0.2, 0) is 0 Å². The standard InChI is InChI=1S/C23H28N4O/c1-14(13-27(3)4)11-24-23-21-20-18-8-7-17(28-5)10-16(18)6-9-19(20)26-22(21)15(2)12-25-23/h6-10,12,14,26H,11,13H2,1-5H3,(H,24,25). The summed E-state index contributed by atoms with van der Waals surface area (Å²) in [7, 11) is 5.92. The first-order valence-corrected chi connectivity index (χ1v) is 9.74. The Morgan fingerprint density at radius 2 is 2.00 bits per heavy atom. The molecule has 1 unspecified atom stereocenters. The van der Waals surface area contributed by atoms with Gasteiger partial charge in [-0.1, -0.05) is 13.0 Å². The predicted molar refractivity (Wildman–Crippen MR) is 119 cm³/mol. The van der Waals surface area contributed by atoms with E-state index in [9.17, 15) is 0 Å². The topological polar surface area (TPSA) is 53.2 Å². The lowest BCUT2D eigenvalue weighted by atomic mass is 10.0. The van der Waals surface area contributed by atoms with Crippen LogP contribution in [0.25, 0.3) is 32.6 Å². The van der Waals surface area contributed by atoms with Gasteiger partial charge in [-0.25, -0.2) is 4.98 Å². The van der Waals surface area contributed by atoms with E-state index in [4.69, 9.17) is 9.72 Å². The molecule has 28 heavy (non-hydrogen) atoms. The average Bonchev–Trinajstić information content (AvgIpc) is 3.07. The lowest BCUT2D eigenvalue weighted by Gasteiger charge is -2.18. The zero-order chi connectivity index (χ0) is 19.8. The van der Waals surface area contributed by atoms with Crippen LogP contribution in [0, 0.1) is 12.8 Å². The molecule has 2 aromatic carbocycles. The summed E-state index contributed by atoms with van der Waals surface area (Å²) in [5, 5.41) is 8.37. The largest absolute Gasteiger partial charge is 0.497 e. The number of methoxy groups -OCH3 is 1. The molecule has 0 fully saturated rings. The van der Waals surface area contributed by atoms with Crippen molar-refractivity contribution in [2.24, 2.45) is 5.92 Å². The number of hydrogen-bond acceptors (Lipinski definition) is 4. The first-order chi connectivity index (χ1) is 13.5. The lowest BCUT2D eigenvalue weighted by molar-refractivity contribution is 0.347. The number of nitrogens with zero attached hydrogens (tertiary/aromatic N) is 2. The van der Waals surface area contributed by atoms with E-state index in [1.807, 2.05) is 12.3 Å². The van der Waals surface area contributed by atoms with Crippen molar-refractivity contribution in [3.8, 4) is 5.75 Å². The molecule has 0 spiro atoms. The zero-order valence-corrected chi connectivity index (χ0v) is 17.3. The maximum atomic E-state index is 5.41. The molecule has 0 bridgehead atoms. The van der Waals surface area contributed by atoms with E-state index < -0.39 is 0 Å². The maximum absolute atomic E-state index is 5.41. The van der Waals surface area contributed by atoms with Gasteiger partial charge in [0.15, 0.2) is 0 Å². The Kier molecular flexibility index (Phi) is 4.85. The number of benzene rings is 2. The molecule has 2 aromatic heterocycles. The van der Waals surface area contributed by atoms with Gasteiger partial charge in [0.1, 0.15) is 11.6 Å². The van der Waals surface area contributed by atoms with E-state index in [-0.39, 0.29) is 0 Å². The third kappa shape index (κ3) is 3.27. The fourth-order valence-corrected chi connectivity index (χ4v) is 4.05. The Morgan fingerprint density at radius 1 is 1.18 bits per heavy atom. The fourth-order valence-electron chi connectivity index (χ4n) is 4.05. The third-order valence-corrected chi connectivity index (χ3v) is 5.30. The van der Waals surface area contributed by atoms with Gasteiger partial charge >= 0.3 is 0 Å². The summed E-state index contributed by atoms with van der Waals surface area (Å²) in [5.41, 5.74) is 3.43.